The molecule has 0 aliphatic heterocycles. The van der Waals surface area contributed by atoms with Crippen LogP contribution in [0.15, 0.2) is 285 Å². The second-order valence-electron chi connectivity index (χ2n) is 17.6. The van der Waals surface area contributed by atoms with Gasteiger partial charge < -0.3 is 4.90 Å². The minimum atomic E-state index is 1.08. The van der Waals surface area contributed by atoms with Crippen LogP contribution in [0.4, 0.5) is 17.1 Å². The Kier molecular flexibility index (Phi) is 11.0. The van der Waals surface area contributed by atoms with Crippen molar-refractivity contribution in [3.63, 3.8) is 0 Å². The number of benzene rings is 12. The van der Waals surface area contributed by atoms with Gasteiger partial charge in [-0.2, -0.15) is 0 Å². The fourth-order valence-electron chi connectivity index (χ4n) is 10.3. The lowest BCUT2D eigenvalue weighted by molar-refractivity contribution is 1.28. The van der Waals surface area contributed by atoms with E-state index in [0.29, 0.717) is 0 Å². The van der Waals surface area contributed by atoms with E-state index in [4.69, 9.17) is 0 Å². The van der Waals surface area contributed by atoms with Crippen LogP contribution in [-0.4, -0.2) is 0 Å². The molecule has 12 aromatic carbocycles. The van der Waals surface area contributed by atoms with Gasteiger partial charge in [-0.3, -0.25) is 0 Å². The number of anilines is 3. The van der Waals surface area contributed by atoms with E-state index in [2.05, 4.69) is 290 Å². The summed E-state index contributed by atoms with van der Waals surface area (Å²) in [6, 6.07) is 104. The number of hydrogen-bond acceptors (Lipinski definition) is 1. The van der Waals surface area contributed by atoms with Crippen molar-refractivity contribution >= 4 is 38.6 Å². The summed E-state index contributed by atoms with van der Waals surface area (Å²) in [4.78, 5) is 2.41. The van der Waals surface area contributed by atoms with Crippen molar-refractivity contribution < 1.29 is 0 Å². The van der Waals surface area contributed by atoms with Crippen molar-refractivity contribution in [3.05, 3.63) is 285 Å². The zero-order chi connectivity index (χ0) is 45.9. The molecule has 0 N–H and O–H groups in total. The predicted molar refractivity (Wildman–Crippen MR) is 294 cm³/mol. The maximum atomic E-state index is 2.41. The predicted octanol–water partition coefficient (Wildman–Crippen LogP) is 19.1. The molecule has 0 fully saturated rings. The molecule has 0 atom stereocenters. The first-order chi connectivity index (χ1) is 34.3. The number of fused-ring (bicyclic) bond motifs is 3. The number of para-hydroxylation sites is 1. The molecule has 0 bridgehead atoms. The molecular formula is C68H47N. The maximum Gasteiger partial charge on any atom is 0.0540 e. The summed E-state index contributed by atoms with van der Waals surface area (Å²) < 4.78 is 0. The molecular weight excluding hydrogens is 831 g/mol. The van der Waals surface area contributed by atoms with Crippen LogP contribution in [0.3, 0.4) is 0 Å². The zero-order valence-electron chi connectivity index (χ0n) is 38.1. The van der Waals surface area contributed by atoms with Gasteiger partial charge in [0.05, 0.1) is 5.69 Å². The van der Waals surface area contributed by atoms with E-state index in [1.54, 1.807) is 0 Å². The van der Waals surface area contributed by atoms with Crippen molar-refractivity contribution in [1.82, 2.24) is 0 Å². The average molecular weight is 878 g/mol. The molecule has 324 valence electrons. The van der Waals surface area contributed by atoms with E-state index in [9.17, 15) is 0 Å². The Morgan fingerprint density at radius 1 is 0.203 bits per heavy atom. The van der Waals surface area contributed by atoms with Crippen molar-refractivity contribution in [2.45, 2.75) is 0 Å². The molecule has 12 aromatic rings. The monoisotopic (exact) mass is 877 g/mol. The van der Waals surface area contributed by atoms with Crippen molar-refractivity contribution in [3.8, 4) is 77.9 Å². The first kappa shape index (κ1) is 41.4. The van der Waals surface area contributed by atoms with Gasteiger partial charge in [-0.25, -0.2) is 0 Å². The molecule has 0 aliphatic rings. The molecule has 0 heterocycles. The molecule has 0 amide bonds. The quantitative estimate of drug-likeness (QED) is 0.124. The van der Waals surface area contributed by atoms with Gasteiger partial charge in [-0.15, -0.1) is 0 Å². The topological polar surface area (TPSA) is 3.24 Å². The summed E-state index contributed by atoms with van der Waals surface area (Å²) in [6.45, 7) is 0. The fraction of sp³-hybridized carbons (Fsp3) is 0. The Labute approximate surface area is 404 Å². The van der Waals surface area contributed by atoms with Crippen LogP contribution < -0.4 is 4.90 Å². The Hall–Kier alpha value is -9.04. The minimum absolute atomic E-state index is 1.08. The third kappa shape index (κ3) is 7.86. The summed E-state index contributed by atoms with van der Waals surface area (Å²) in [5, 5.41) is 5.00. The van der Waals surface area contributed by atoms with Crippen LogP contribution in [0.25, 0.3) is 99.4 Å². The molecule has 0 aromatic heterocycles. The number of hydrogen-bond donors (Lipinski definition) is 0. The van der Waals surface area contributed by atoms with Crippen LogP contribution in [-0.2, 0) is 0 Å². The summed E-state index contributed by atoms with van der Waals surface area (Å²) in [5.41, 5.74) is 20.0. The lowest BCUT2D eigenvalue weighted by Gasteiger charge is -2.28. The van der Waals surface area contributed by atoms with Gasteiger partial charge in [0.15, 0.2) is 0 Å². The van der Waals surface area contributed by atoms with Crippen LogP contribution in [0.2, 0.25) is 0 Å². The van der Waals surface area contributed by atoms with Crippen molar-refractivity contribution in [2.75, 3.05) is 4.90 Å². The second-order valence-corrected chi connectivity index (χ2v) is 17.6. The average Bonchev–Trinajstić information content (AvgIpc) is 3.44. The molecule has 12 rings (SSSR count). The highest BCUT2D eigenvalue weighted by atomic mass is 15.1. The zero-order valence-corrected chi connectivity index (χ0v) is 38.1. The van der Waals surface area contributed by atoms with Gasteiger partial charge >= 0.3 is 0 Å². The highest BCUT2D eigenvalue weighted by Gasteiger charge is 2.22. The lowest BCUT2D eigenvalue weighted by Crippen LogP contribution is -2.11. The summed E-state index contributed by atoms with van der Waals surface area (Å²) in [7, 11) is 0. The first-order valence-electron chi connectivity index (χ1n) is 23.8. The number of nitrogens with zero attached hydrogens (tertiary/aromatic N) is 1. The standard InChI is InChI=1S/C68H47N/c1-6-21-48(22-7-1)55-41-46-58(64(47-55)50-25-10-3-11-26-50)51-37-42-56(43-38-51)69(65-36-19-18-31-59(65)49-23-8-2-9-24-49)57-44-39-52(40-45-57)60-34-20-35-63-61-32-16-17-33-62(61)66(53-27-12-4-13-28-53)67(68(60)63)54-29-14-5-15-30-54/h1-47H. The summed E-state index contributed by atoms with van der Waals surface area (Å²) in [6.07, 6.45) is 0. The molecule has 1 heteroatoms. The molecule has 0 unspecified atom stereocenters. The third-order valence-corrected chi connectivity index (χ3v) is 13.5. The minimum Gasteiger partial charge on any atom is -0.310 e. The maximum absolute atomic E-state index is 2.41. The van der Waals surface area contributed by atoms with E-state index in [1.165, 1.54) is 82.7 Å². The van der Waals surface area contributed by atoms with E-state index < -0.39 is 0 Å². The van der Waals surface area contributed by atoms with Gasteiger partial charge in [0.1, 0.15) is 0 Å². The Morgan fingerprint density at radius 2 is 0.609 bits per heavy atom. The van der Waals surface area contributed by atoms with Gasteiger partial charge in [-0.05, 0) is 130 Å². The third-order valence-electron chi connectivity index (χ3n) is 13.5. The normalized spacial score (nSPS) is 11.2. The van der Waals surface area contributed by atoms with Crippen molar-refractivity contribution in [2.24, 2.45) is 0 Å². The molecule has 69 heavy (non-hydrogen) atoms. The molecule has 0 spiro atoms. The van der Waals surface area contributed by atoms with Crippen molar-refractivity contribution in [1.29, 1.82) is 0 Å². The smallest absolute Gasteiger partial charge is 0.0540 e. The molecule has 0 saturated carbocycles. The number of rotatable bonds is 10. The molecule has 0 aliphatic carbocycles. The molecule has 0 saturated heterocycles. The van der Waals surface area contributed by atoms with Crippen LogP contribution in [0.1, 0.15) is 0 Å². The largest absolute Gasteiger partial charge is 0.310 e. The van der Waals surface area contributed by atoms with Crippen LogP contribution >= 0.6 is 0 Å². The van der Waals surface area contributed by atoms with E-state index in [1.807, 2.05) is 0 Å². The molecule has 0 radical (unpaired) electrons. The summed E-state index contributed by atoms with van der Waals surface area (Å²) >= 11 is 0. The SMILES string of the molecule is c1ccc(-c2ccc(-c3ccc(N(c4ccc(-c5cccc6c5c(-c5ccccc5)c(-c5ccccc5)c5ccccc56)cc4)c4ccccc4-c4ccccc4)cc3)c(-c3ccccc3)c2)cc1. The van der Waals surface area contributed by atoms with Crippen LogP contribution in [0, 0.1) is 0 Å². The Bertz CT molecular complexity index is 3720. The van der Waals surface area contributed by atoms with Gasteiger partial charge in [-0.1, -0.05) is 249 Å². The first-order valence-corrected chi connectivity index (χ1v) is 23.8. The van der Waals surface area contributed by atoms with Gasteiger partial charge in [0.25, 0.3) is 0 Å². The fourth-order valence-corrected chi connectivity index (χ4v) is 10.3. The summed E-state index contributed by atoms with van der Waals surface area (Å²) in [5.74, 6) is 0. The Balaban J connectivity index is 1.01. The molecule has 1 nitrogen and oxygen atoms in total. The highest BCUT2D eigenvalue weighted by Crippen LogP contribution is 2.49. The Morgan fingerprint density at radius 3 is 1.20 bits per heavy atom. The van der Waals surface area contributed by atoms with Gasteiger partial charge in [0.2, 0.25) is 0 Å². The van der Waals surface area contributed by atoms with E-state index in [0.717, 1.165) is 33.8 Å². The van der Waals surface area contributed by atoms with E-state index in [-0.39, 0.29) is 0 Å². The van der Waals surface area contributed by atoms with E-state index >= 15 is 0 Å². The highest BCUT2D eigenvalue weighted by molar-refractivity contribution is 6.25. The van der Waals surface area contributed by atoms with Crippen LogP contribution in [0.5, 0.6) is 0 Å². The second kappa shape index (κ2) is 18.3. The lowest BCUT2D eigenvalue weighted by atomic mass is 9.82. The van der Waals surface area contributed by atoms with Gasteiger partial charge in [0, 0.05) is 16.9 Å².